The Labute approximate surface area is 101 Å². The van der Waals surface area contributed by atoms with Crippen LogP contribution in [0.4, 0.5) is 0 Å². The second-order valence-electron chi connectivity index (χ2n) is 4.11. The molecule has 0 spiro atoms. The van der Waals surface area contributed by atoms with E-state index in [9.17, 15) is 9.90 Å². The van der Waals surface area contributed by atoms with Gasteiger partial charge in [-0.1, -0.05) is 54.1 Å². The van der Waals surface area contributed by atoms with Gasteiger partial charge in [0.25, 0.3) is 0 Å². The first-order valence-corrected chi connectivity index (χ1v) is 5.51. The molecule has 86 valence electrons. The van der Waals surface area contributed by atoms with Crippen LogP contribution in [-0.4, -0.2) is 5.97 Å². The normalized spacial score (nSPS) is 10.2. The van der Waals surface area contributed by atoms with Gasteiger partial charge in [0.15, 0.2) is 0 Å². The Hall–Kier alpha value is -2.09. The zero-order valence-electron chi connectivity index (χ0n) is 9.64. The van der Waals surface area contributed by atoms with Crippen molar-refractivity contribution in [3.05, 3.63) is 70.8 Å². The monoisotopic (exact) mass is 225 g/mol. The van der Waals surface area contributed by atoms with Crippen LogP contribution in [0.25, 0.3) is 0 Å². The maximum absolute atomic E-state index is 11.0. The van der Waals surface area contributed by atoms with Crippen molar-refractivity contribution in [2.75, 3.05) is 0 Å². The summed E-state index contributed by atoms with van der Waals surface area (Å²) in [6.07, 6.45) is 0.616. The fourth-order valence-electron chi connectivity index (χ4n) is 1.80. The summed E-state index contributed by atoms with van der Waals surface area (Å²) >= 11 is 0. The molecule has 0 heterocycles. The van der Waals surface area contributed by atoms with E-state index >= 15 is 0 Å². The summed E-state index contributed by atoms with van der Waals surface area (Å²) in [5, 5.41) is 11.0. The number of carbonyl (C=O) groups excluding carboxylic acids is 1. The summed E-state index contributed by atoms with van der Waals surface area (Å²) in [5.74, 6) is -1.12. The van der Waals surface area contributed by atoms with Gasteiger partial charge in [-0.3, -0.25) is 0 Å². The van der Waals surface area contributed by atoms with E-state index in [2.05, 4.69) is 0 Å². The van der Waals surface area contributed by atoms with Crippen molar-refractivity contribution >= 4 is 5.97 Å². The van der Waals surface area contributed by atoms with E-state index in [4.69, 9.17) is 0 Å². The SMILES string of the molecule is Cc1ccc(Cc2ccccc2C(=O)[O-])cc1. The summed E-state index contributed by atoms with van der Waals surface area (Å²) in [7, 11) is 0. The summed E-state index contributed by atoms with van der Waals surface area (Å²) in [6, 6.07) is 15.0. The molecule has 2 aromatic rings. The lowest BCUT2D eigenvalue weighted by molar-refractivity contribution is -0.255. The van der Waals surface area contributed by atoms with Crippen LogP contribution in [-0.2, 0) is 6.42 Å². The molecule has 0 aliphatic carbocycles. The molecule has 0 atom stereocenters. The van der Waals surface area contributed by atoms with E-state index in [-0.39, 0.29) is 5.56 Å². The molecule has 17 heavy (non-hydrogen) atoms. The third-order valence-electron chi connectivity index (χ3n) is 2.75. The lowest BCUT2D eigenvalue weighted by Crippen LogP contribution is -2.23. The molecule has 2 aromatic carbocycles. The molecule has 0 N–H and O–H groups in total. The highest BCUT2D eigenvalue weighted by Gasteiger charge is 2.03. The highest BCUT2D eigenvalue weighted by Crippen LogP contribution is 2.14. The van der Waals surface area contributed by atoms with Gasteiger partial charge in [0.2, 0.25) is 0 Å². The number of rotatable bonds is 3. The van der Waals surface area contributed by atoms with Crippen molar-refractivity contribution in [2.24, 2.45) is 0 Å². The van der Waals surface area contributed by atoms with Crippen LogP contribution >= 0.6 is 0 Å². The zero-order valence-corrected chi connectivity index (χ0v) is 9.64. The number of carboxylic acid groups (broad SMARTS) is 1. The Balaban J connectivity index is 2.30. The van der Waals surface area contributed by atoms with E-state index in [1.165, 1.54) is 5.56 Å². The highest BCUT2D eigenvalue weighted by atomic mass is 16.4. The molecule has 0 saturated heterocycles. The van der Waals surface area contributed by atoms with Gasteiger partial charge in [0.05, 0.1) is 5.97 Å². The highest BCUT2D eigenvalue weighted by molar-refractivity contribution is 5.87. The molecule has 0 amide bonds. The number of hydrogen-bond acceptors (Lipinski definition) is 2. The maximum atomic E-state index is 11.0. The van der Waals surface area contributed by atoms with E-state index in [0.717, 1.165) is 11.1 Å². The van der Waals surface area contributed by atoms with Crippen molar-refractivity contribution in [3.63, 3.8) is 0 Å². The van der Waals surface area contributed by atoms with Gasteiger partial charge in [-0.25, -0.2) is 0 Å². The number of aryl methyl sites for hydroxylation is 1. The van der Waals surface area contributed by atoms with Crippen molar-refractivity contribution < 1.29 is 9.90 Å². The van der Waals surface area contributed by atoms with E-state index in [1.807, 2.05) is 43.3 Å². The van der Waals surface area contributed by atoms with Crippen LogP contribution in [0.1, 0.15) is 27.0 Å². The fourth-order valence-corrected chi connectivity index (χ4v) is 1.80. The number of aromatic carboxylic acids is 1. The zero-order chi connectivity index (χ0) is 12.3. The van der Waals surface area contributed by atoms with E-state index in [1.54, 1.807) is 12.1 Å². The van der Waals surface area contributed by atoms with Gasteiger partial charge in [-0.15, -0.1) is 0 Å². The minimum Gasteiger partial charge on any atom is -0.545 e. The first kappa shape index (κ1) is 11.4. The number of hydrogen-bond donors (Lipinski definition) is 0. The Morgan fingerprint density at radius 2 is 1.71 bits per heavy atom. The Morgan fingerprint density at radius 3 is 2.35 bits per heavy atom. The summed E-state index contributed by atoms with van der Waals surface area (Å²) in [4.78, 5) is 11.0. The molecule has 0 aliphatic rings. The molecule has 0 radical (unpaired) electrons. The predicted molar refractivity (Wildman–Crippen MR) is 64.8 cm³/mol. The summed E-state index contributed by atoms with van der Waals surface area (Å²) in [5.41, 5.74) is 3.36. The van der Waals surface area contributed by atoms with Gasteiger partial charge in [0.1, 0.15) is 0 Å². The second kappa shape index (κ2) is 4.83. The number of carbonyl (C=O) groups is 1. The van der Waals surface area contributed by atoms with Crippen LogP contribution in [0, 0.1) is 6.92 Å². The number of carboxylic acids is 1. The smallest absolute Gasteiger partial charge is 0.0718 e. The molecule has 0 bridgehead atoms. The van der Waals surface area contributed by atoms with Crippen LogP contribution in [0.5, 0.6) is 0 Å². The molecule has 0 unspecified atom stereocenters. The molecule has 2 nitrogen and oxygen atoms in total. The number of benzene rings is 2. The predicted octanol–water partition coefficient (Wildman–Crippen LogP) is 1.95. The Morgan fingerprint density at radius 1 is 1.06 bits per heavy atom. The van der Waals surface area contributed by atoms with Gasteiger partial charge in [-0.2, -0.15) is 0 Å². The molecule has 0 fully saturated rings. The molecule has 0 saturated carbocycles. The van der Waals surface area contributed by atoms with Gasteiger partial charge < -0.3 is 9.90 Å². The van der Waals surface area contributed by atoms with Crippen molar-refractivity contribution in [1.29, 1.82) is 0 Å². The molecule has 0 aliphatic heterocycles. The summed E-state index contributed by atoms with van der Waals surface area (Å²) < 4.78 is 0. The van der Waals surface area contributed by atoms with Gasteiger partial charge >= 0.3 is 0 Å². The van der Waals surface area contributed by atoms with Gasteiger partial charge in [0, 0.05) is 5.56 Å². The standard InChI is InChI=1S/C15H14O2/c1-11-6-8-12(9-7-11)10-13-4-2-3-5-14(13)15(16)17/h2-9H,10H2,1H3,(H,16,17)/p-1. The van der Waals surface area contributed by atoms with E-state index < -0.39 is 5.97 Å². The first-order valence-electron chi connectivity index (χ1n) is 5.51. The third kappa shape index (κ3) is 2.72. The van der Waals surface area contributed by atoms with Crippen molar-refractivity contribution in [1.82, 2.24) is 0 Å². The largest absolute Gasteiger partial charge is 0.545 e. The quantitative estimate of drug-likeness (QED) is 0.801. The van der Waals surface area contributed by atoms with Crippen LogP contribution in [0.15, 0.2) is 48.5 Å². The maximum Gasteiger partial charge on any atom is 0.0718 e. The van der Waals surface area contributed by atoms with Crippen molar-refractivity contribution in [3.8, 4) is 0 Å². The Bertz CT molecular complexity index is 527. The lowest BCUT2D eigenvalue weighted by Gasteiger charge is -2.10. The molecule has 2 rings (SSSR count). The second-order valence-corrected chi connectivity index (χ2v) is 4.11. The first-order chi connectivity index (χ1) is 8.16. The average molecular weight is 225 g/mol. The summed E-state index contributed by atoms with van der Waals surface area (Å²) in [6.45, 7) is 2.03. The van der Waals surface area contributed by atoms with Crippen LogP contribution < -0.4 is 5.11 Å². The Kier molecular flexibility index (Phi) is 3.24. The van der Waals surface area contributed by atoms with Crippen LogP contribution in [0.2, 0.25) is 0 Å². The van der Waals surface area contributed by atoms with Gasteiger partial charge in [-0.05, 0) is 24.5 Å². The molecular formula is C15H13O2-. The molecule has 0 aromatic heterocycles. The fraction of sp³-hybridized carbons (Fsp3) is 0.133. The van der Waals surface area contributed by atoms with Crippen molar-refractivity contribution in [2.45, 2.75) is 13.3 Å². The van der Waals surface area contributed by atoms with Crippen LogP contribution in [0.3, 0.4) is 0 Å². The molecule has 2 heteroatoms. The lowest BCUT2D eigenvalue weighted by atomic mass is 9.99. The van der Waals surface area contributed by atoms with E-state index in [0.29, 0.717) is 6.42 Å². The minimum atomic E-state index is -1.12. The molecular weight excluding hydrogens is 212 g/mol. The topological polar surface area (TPSA) is 40.1 Å². The minimum absolute atomic E-state index is 0.271. The third-order valence-corrected chi connectivity index (χ3v) is 2.75. The average Bonchev–Trinajstić information content (AvgIpc) is 2.32.